The predicted octanol–water partition coefficient (Wildman–Crippen LogP) is -0.501. The second-order valence-electron chi connectivity index (χ2n) is 1.67. The topological polar surface area (TPSA) is 64.2 Å². The number of nitriles is 1. The van der Waals surface area contributed by atoms with E-state index in [0.717, 1.165) is 0 Å². The summed E-state index contributed by atoms with van der Waals surface area (Å²) >= 11 is 0. The van der Waals surface area contributed by atoms with Gasteiger partial charge in [-0.25, -0.2) is 0 Å². The molecule has 0 fully saturated rings. The molecule has 2 unspecified atom stereocenters. The smallest absolute Gasteiger partial charge is 0.0925 e. The Kier molecular flexibility index (Phi) is 3.16. The SMILES string of the molecule is CC(C#N)C(O)CO. The van der Waals surface area contributed by atoms with E-state index in [0.29, 0.717) is 0 Å². The fourth-order valence-corrected chi connectivity index (χ4v) is 0.244. The molecule has 0 aliphatic carbocycles. The van der Waals surface area contributed by atoms with Gasteiger partial charge in [0.1, 0.15) is 0 Å². The van der Waals surface area contributed by atoms with Crippen LogP contribution in [-0.2, 0) is 0 Å². The van der Waals surface area contributed by atoms with Crippen molar-refractivity contribution in [1.82, 2.24) is 0 Å². The van der Waals surface area contributed by atoms with Crippen molar-refractivity contribution in [3.8, 4) is 6.07 Å². The predicted molar refractivity (Wildman–Crippen MR) is 27.9 cm³/mol. The van der Waals surface area contributed by atoms with Crippen molar-refractivity contribution in [3.05, 3.63) is 0 Å². The number of hydrogen-bond donors (Lipinski definition) is 2. The number of hydrogen-bond acceptors (Lipinski definition) is 3. The van der Waals surface area contributed by atoms with E-state index in [1.807, 2.05) is 0 Å². The summed E-state index contributed by atoms with van der Waals surface area (Å²) in [6.45, 7) is 1.22. The first-order valence-corrected chi connectivity index (χ1v) is 2.41. The Bertz CT molecular complexity index is 97.1. The molecule has 0 aromatic carbocycles. The van der Waals surface area contributed by atoms with E-state index < -0.39 is 12.0 Å². The minimum absolute atomic E-state index is 0.339. The molecule has 8 heavy (non-hydrogen) atoms. The minimum Gasteiger partial charge on any atom is -0.394 e. The lowest BCUT2D eigenvalue weighted by atomic mass is 10.1. The van der Waals surface area contributed by atoms with E-state index in [1.165, 1.54) is 0 Å². The van der Waals surface area contributed by atoms with Gasteiger partial charge in [-0.3, -0.25) is 0 Å². The first kappa shape index (κ1) is 7.41. The van der Waals surface area contributed by atoms with Crippen LogP contribution >= 0.6 is 0 Å². The van der Waals surface area contributed by atoms with Crippen molar-refractivity contribution < 1.29 is 10.2 Å². The van der Waals surface area contributed by atoms with Gasteiger partial charge in [0.25, 0.3) is 0 Å². The van der Waals surface area contributed by atoms with Crippen molar-refractivity contribution in [2.75, 3.05) is 6.61 Å². The highest BCUT2D eigenvalue weighted by Crippen LogP contribution is 1.97. The largest absolute Gasteiger partial charge is 0.394 e. The molecule has 2 N–H and O–H groups in total. The molecule has 46 valence electrons. The fraction of sp³-hybridized carbons (Fsp3) is 0.800. The third-order valence-corrected chi connectivity index (χ3v) is 0.968. The van der Waals surface area contributed by atoms with Gasteiger partial charge in [-0.15, -0.1) is 0 Å². The van der Waals surface area contributed by atoms with Crippen LogP contribution in [0.4, 0.5) is 0 Å². The van der Waals surface area contributed by atoms with Crippen LogP contribution in [0.5, 0.6) is 0 Å². The molecule has 0 bridgehead atoms. The van der Waals surface area contributed by atoms with Gasteiger partial charge in [0.15, 0.2) is 0 Å². The van der Waals surface area contributed by atoms with Crippen molar-refractivity contribution in [2.45, 2.75) is 13.0 Å². The molecule has 0 radical (unpaired) electrons. The molecule has 0 aromatic heterocycles. The zero-order chi connectivity index (χ0) is 6.57. The highest BCUT2D eigenvalue weighted by molar-refractivity contribution is 4.83. The normalized spacial score (nSPS) is 16.8. The van der Waals surface area contributed by atoms with Crippen LogP contribution in [0.25, 0.3) is 0 Å². The molecule has 0 aliphatic rings. The molecule has 3 heteroatoms. The quantitative estimate of drug-likeness (QED) is 0.510. The van der Waals surface area contributed by atoms with Crippen molar-refractivity contribution in [2.24, 2.45) is 5.92 Å². The third-order valence-electron chi connectivity index (χ3n) is 0.968. The Labute approximate surface area is 48.2 Å². The highest BCUT2D eigenvalue weighted by atomic mass is 16.3. The molecule has 0 aromatic rings. The maximum Gasteiger partial charge on any atom is 0.0925 e. The van der Waals surface area contributed by atoms with Crippen LogP contribution in [0.2, 0.25) is 0 Å². The van der Waals surface area contributed by atoms with Gasteiger partial charge in [0.05, 0.1) is 24.7 Å². The van der Waals surface area contributed by atoms with Gasteiger partial charge in [-0.05, 0) is 6.92 Å². The van der Waals surface area contributed by atoms with Gasteiger partial charge in [-0.2, -0.15) is 5.26 Å². The molecule has 0 aliphatic heterocycles. The Morgan fingerprint density at radius 3 is 2.38 bits per heavy atom. The van der Waals surface area contributed by atoms with Gasteiger partial charge >= 0.3 is 0 Å². The van der Waals surface area contributed by atoms with Gasteiger partial charge in [0.2, 0.25) is 0 Å². The van der Waals surface area contributed by atoms with Crippen LogP contribution < -0.4 is 0 Å². The second kappa shape index (κ2) is 3.42. The number of nitrogens with zero attached hydrogens (tertiary/aromatic N) is 1. The molecule has 0 rings (SSSR count). The van der Waals surface area contributed by atoms with Gasteiger partial charge in [0, 0.05) is 0 Å². The van der Waals surface area contributed by atoms with E-state index in [4.69, 9.17) is 15.5 Å². The summed E-state index contributed by atoms with van der Waals surface area (Å²) in [4.78, 5) is 0. The molecule has 0 amide bonds. The number of aliphatic hydroxyl groups excluding tert-OH is 2. The van der Waals surface area contributed by atoms with Gasteiger partial charge in [-0.1, -0.05) is 0 Å². The van der Waals surface area contributed by atoms with Crippen molar-refractivity contribution in [1.29, 1.82) is 5.26 Å². The van der Waals surface area contributed by atoms with Gasteiger partial charge < -0.3 is 10.2 Å². The number of aliphatic hydroxyl groups is 2. The molecule has 3 nitrogen and oxygen atoms in total. The molecule has 0 heterocycles. The maximum atomic E-state index is 8.65. The Morgan fingerprint density at radius 1 is 1.75 bits per heavy atom. The Balaban J connectivity index is 3.49. The number of rotatable bonds is 2. The Hall–Kier alpha value is -0.590. The molecular formula is C5H9NO2. The van der Waals surface area contributed by atoms with E-state index in [1.54, 1.807) is 13.0 Å². The summed E-state index contributed by atoms with van der Waals surface area (Å²) in [6, 6.07) is 1.81. The first-order valence-electron chi connectivity index (χ1n) is 2.41. The lowest BCUT2D eigenvalue weighted by molar-refractivity contribution is 0.0706. The van der Waals surface area contributed by atoms with E-state index in [2.05, 4.69) is 0 Å². The summed E-state index contributed by atoms with van der Waals surface area (Å²) in [5, 5.41) is 25.0. The third kappa shape index (κ3) is 1.92. The summed E-state index contributed by atoms with van der Waals surface area (Å²) in [5.74, 6) is -0.472. The first-order chi connectivity index (χ1) is 3.72. The highest BCUT2D eigenvalue weighted by Gasteiger charge is 2.10. The standard InChI is InChI=1S/C5H9NO2/c1-4(2-6)5(8)3-7/h4-5,7-8H,3H2,1H3. The van der Waals surface area contributed by atoms with E-state index >= 15 is 0 Å². The Morgan fingerprint density at radius 2 is 2.25 bits per heavy atom. The summed E-state index contributed by atoms with van der Waals surface area (Å²) < 4.78 is 0. The minimum atomic E-state index is -0.889. The van der Waals surface area contributed by atoms with E-state index in [-0.39, 0.29) is 6.61 Å². The van der Waals surface area contributed by atoms with Crippen LogP contribution in [-0.4, -0.2) is 22.9 Å². The maximum absolute atomic E-state index is 8.65. The molecule has 0 spiro atoms. The van der Waals surface area contributed by atoms with Crippen molar-refractivity contribution in [3.63, 3.8) is 0 Å². The molecule has 0 saturated carbocycles. The zero-order valence-corrected chi connectivity index (χ0v) is 4.70. The van der Waals surface area contributed by atoms with Crippen LogP contribution in [0.15, 0.2) is 0 Å². The van der Waals surface area contributed by atoms with Crippen LogP contribution in [0.3, 0.4) is 0 Å². The van der Waals surface area contributed by atoms with Crippen molar-refractivity contribution >= 4 is 0 Å². The molecule has 2 atom stereocenters. The molecule has 0 saturated heterocycles. The second-order valence-corrected chi connectivity index (χ2v) is 1.67. The monoisotopic (exact) mass is 115 g/mol. The fourth-order valence-electron chi connectivity index (χ4n) is 0.244. The lowest BCUT2D eigenvalue weighted by Crippen LogP contribution is -2.19. The lowest BCUT2D eigenvalue weighted by Gasteiger charge is -2.06. The summed E-state index contributed by atoms with van der Waals surface area (Å²) in [6.07, 6.45) is -0.889. The van der Waals surface area contributed by atoms with E-state index in [9.17, 15) is 0 Å². The van der Waals surface area contributed by atoms with Crippen LogP contribution in [0.1, 0.15) is 6.92 Å². The van der Waals surface area contributed by atoms with Crippen LogP contribution in [0, 0.1) is 17.2 Å². The summed E-state index contributed by atoms with van der Waals surface area (Å²) in [7, 11) is 0. The summed E-state index contributed by atoms with van der Waals surface area (Å²) in [5.41, 5.74) is 0. The average molecular weight is 115 g/mol. The molecular weight excluding hydrogens is 106 g/mol. The zero-order valence-electron chi connectivity index (χ0n) is 4.70. The average Bonchev–Trinajstić information content (AvgIpc) is 1.84.